The first-order chi connectivity index (χ1) is 1.91. The van der Waals surface area contributed by atoms with Gasteiger partial charge in [0.2, 0.25) is 0 Å². The van der Waals surface area contributed by atoms with Crippen molar-refractivity contribution in [1.82, 2.24) is 0 Å². The molecule has 0 heterocycles. The maximum Gasteiger partial charge on any atom is 2.00 e. The third-order valence-electron chi connectivity index (χ3n) is 0.167. The van der Waals surface area contributed by atoms with Crippen molar-refractivity contribution in [3.63, 3.8) is 0 Å². The molecule has 0 spiro atoms. The van der Waals surface area contributed by atoms with Crippen LogP contribution in [0.25, 0.3) is 0 Å². The minimum Gasteiger partial charge on any atom is -0.358 e. The van der Waals surface area contributed by atoms with Gasteiger partial charge in [-0.15, -0.1) is 0 Å². The zero-order valence-electron chi connectivity index (χ0n) is 5.01. The summed E-state index contributed by atoms with van der Waals surface area (Å²) >= 11 is 0. The molecule has 0 aliphatic heterocycles. The third kappa shape index (κ3) is 65.5. The van der Waals surface area contributed by atoms with Crippen LogP contribution in [-0.4, -0.2) is 6.29 Å². The van der Waals surface area contributed by atoms with Gasteiger partial charge in [0.1, 0.15) is 6.29 Å². The SMILES string of the molecule is CCC=O.[CH3-].[CH3-].[Pt+2]. The van der Waals surface area contributed by atoms with Gasteiger partial charge in [0.15, 0.2) is 0 Å². The van der Waals surface area contributed by atoms with Crippen molar-refractivity contribution in [3.05, 3.63) is 14.9 Å². The Morgan fingerprint density at radius 1 is 1.43 bits per heavy atom. The van der Waals surface area contributed by atoms with Gasteiger partial charge in [-0.3, -0.25) is 0 Å². The summed E-state index contributed by atoms with van der Waals surface area (Å²) in [5.74, 6) is 0. The molecule has 0 atom stereocenters. The van der Waals surface area contributed by atoms with E-state index in [1.807, 2.05) is 6.92 Å². The molecule has 0 fully saturated rings. The number of hydrogen-bond acceptors (Lipinski definition) is 1. The summed E-state index contributed by atoms with van der Waals surface area (Å²) in [7, 11) is 0. The van der Waals surface area contributed by atoms with Crippen molar-refractivity contribution in [2.75, 3.05) is 0 Å². The number of rotatable bonds is 1. The fourth-order valence-electron chi connectivity index (χ4n) is 0. The van der Waals surface area contributed by atoms with Crippen LogP contribution in [0.1, 0.15) is 13.3 Å². The monoisotopic (exact) mass is 283 g/mol. The number of carbonyl (C=O) groups is 1. The molecule has 0 aromatic carbocycles. The van der Waals surface area contributed by atoms with Crippen LogP contribution in [-0.2, 0) is 25.9 Å². The molecule has 0 aromatic heterocycles. The molecule has 0 N–H and O–H groups in total. The van der Waals surface area contributed by atoms with E-state index < -0.39 is 0 Å². The predicted octanol–water partition coefficient (Wildman–Crippen LogP) is 1.49. The second-order valence-corrected chi connectivity index (χ2v) is 0.575. The molecular weight excluding hydrogens is 271 g/mol. The van der Waals surface area contributed by atoms with Gasteiger partial charge in [0.05, 0.1) is 0 Å². The predicted molar refractivity (Wildman–Crippen MR) is 29.2 cm³/mol. The van der Waals surface area contributed by atoms with Gasteiger partial charge >= 0.3 is 21.1 Å². The maximum atomic E-state index is 9.17. The summed E-state index contributed by atoms with van der Waals surface area (Å²) in [5, 5.41) is 0. The molecule has 0 aliphatic rings. The van der Waals surface area contributed by atoms with Gasteiger partial charge in [0, 0.05) is 6.42 Å². The Kier molecular flexibility index (Phi) is 124. The van der Waals surface area contributed by atoms with Crippen LogP contribution >= 0.6 is 0 Å². The van der Waals surface area contributed by atoms with Crippen LogP contribution in [0.3, 0.4) is 0 Å². The molecule has 0 rings (SSSR count). The fraction of sp³-hybridized carbons (Fsp3) is 0.400. The van der Waals surface area contributed by atoms with Crippen LogP contribution in [0, 0.1) is 14.9 Å². The molecule has 0 aromatic rings. The van der Waals surface area contributed by atoms with Gasteiger partial charge < -0.3 is 19.6 Å². The van der Waals surface area contributed by atoms with Crippen LogP contribution in [0.2, 0.25) is 0 Å². The Balaban J connectivity index is -0.0000000150. The summed E-state index contributed by atoms with van der Waals surface area (Å²) in [5.41, 5.74) is 0. The van der Waals surface area contributed by atoms with E-state index in [0.29, 0.717) is 6.42 Å². The molecule has 0 amide bonds. The minimum absolute atomic E-state index is 0. The molecule has 48 valence electrons. The maximum absolute atomic E-state index is 9.17. The molecule has 0 aliphatic carbocycles. The average Bonchev–Trinajstić information content (AvgIpc) is 1.37. The molecule has 1 nitrogen and oxygen atoms in total. The van der Waals surface area contributed by atoms with E-state index in [-0.39, 0.29) is 35.9 Å². The summed E-state index contributed by atoms with van der Waals surface area (Å²) in [6.45, 7) is 1.81. The van der Waals surface area contributed by atoms with E-state index in [4.69, 9.17) is 0 Å². The van der Waals surface area contributed by atoms with Crippen molar-refractivity contribution >= 4 is 6.29 Å². The average molecular weight is 283 g/mol. The molecule has 2 heteroatoms. The quantitative estimate of drug-likeness (QED) is 0.526. The van der Waals surface area contributed by atoms with Gasteiger partial charge in [-0.25, -0.2) is 0 Å². The first-order valence-electron chi connectivity index (χ1n) is 1.35. The number of carbonyl (C=O) groups excluding carboxylic acids is 1. The van der Waals surface area contributed by atoms with E-state index in [1.165, 1.54) is 0 Å². The molecule has 0 radical (unpaired) electrons. The van der Waals surface area contributed by atoms with Crippen molar-refractivity contribution in [2.24, 2.45) is 0 Å². The van der Waals surface area contributed by atoms with E-state index >= 15 is 0 Å². The standard InChI is InChI=1S/C3H6O.2CH3.Pt/c1-2-3-4;;;/h3H,2H2,1H3;2*1H3;/q;2*-1;+2. The van der Waals surface area contributed by atoms with Crippen LogP contribution in [0.15, 0.2) is 0 Å². The molecule has 0 bridgehead atoms. The summed E-state index contributed by atoms with van der Waals surface area (Å²) in [6, 6.07) is 0. The van der Waals surface area contributed by atoms with Crippen molar-refractivity contribution in [2.45, 2.75) is 13.3 Å². The molecule has 0 unspecified atom stereocenters. The fourth-order valence-corrected chi connectivity index (χ4v) is 0. The Labute approximate surface area is 60.8 Å². The first-order valence-corrected chi connectivity index (χ1v) is 1.35. The zero-order valence-corrected chi connectivity index (χ0v) is 7.28. The van der Waals surface area contributed by atoms with Crippen molar-refractivity contribution in [1.29, 1.82) is 0 Å². The van der Waals surface area contributed by atoms with E-state index in [2.05, 4.69) is 0 Å². The van der Waals surface area contributed by atoms with E-state index in [9.17, 15) is 4.79 Å². The summed E-state index contributed by atoms with van der Waals surface area (Å²) in [6.07, 6.45) is 1.51. The van der Waals surface area contributed by atoms with Crippen LogP contribution in [0.5, 0.6) is 0 Å². The Hall–Kier alpha value is 0.358. The molecule has 0 saturated heterocycles. The van der Waals surface area contributed by atoms with Gasteiger partial charge in [-0.1, -0.05) is 6.92 Å². The number of hydrogen-bond donors (Lipinski definition) is 0. The van der Waals surface area contributed by atoms with E-state index in [0.717, 1.165) is 6.29 Å². The van der Waals surface area contributed by atoms with Crippen LogP contribution < -0.4 is 0 Å². The van der Waals surface area contributed by atoms with Crippen LogP contribution in [0.4, 0.5) is 0 Å². The van der Waals surface area contributed by atoms with Crippen molar-refractivity contribution in [3.8, 4) is 0 Å². The molecule has 0 saturated carbocycles. The Morgan fingerprint density at radius 2 is 1.57 bits per heavy atom. The second-order valence-electron chi connectivity index (χ2n) is 0.575. The molecular formula is C5H12OPt. The number of aldehydes is 1. The smallest absolute Gasteiger partial charge is 0.358 e. The Morgan fingerprint density at radius 3 is 1.57 bits per heavy atom. The summed E-state index contributed by atoms with van der Waals surface area (Å²) < 4.78 is 0. The Bertz CT molecular complexity index is 22.0. The van der Waals surface area contributed by atoms with Gasteiger partial charge in [-0.05, 0) is 0 Å². The van der Waals surface area contributed by atoms with Gasteiger partial charge in [0.25, 0.3) is 0 Å². The zero-order chi connectivity index (χ0) is 3.41. The summed E-state index contributed by atoms with van der Waals surface area (Å²) in [4.78, 5) is 9.17. The topological polar surface area (TPSA) is 17.1 Å². The van der Waals surface area contributed by atoms with E-state index in [1.54, 1.807) is 0 Å². The van der Waals surface area contributed by atoms with Crippen molar-refractivity contribution < 1.29 is 25.9 Å². The normalized spacial score (nSPS) is 3.57. The third-order valence-corrected chi connectivity index (χ3v) is 0.167. The first kappa shape index (κ1) is 26.4. The second kappa shape index (κ2) is 32.8. The van der Waals surface area contributed by atoms with Gasteiger partial charge in [-0.2, -0.15) is 0 Å². The minimum atomic E-state index is 0. The molecule has 7 heavy (non-hydrogen) atoms. The largest absolute Gasteiger partial charge is 2.00 e.